The van der Waals surface area contributed by atoms with Gasteiger partial charge in [-0.15, -0.1) is 0 Å². The fourth-order valence-electron chi connectivity index (χ4n) is 5.17. The molecule has 1 saturated carbocycles. The zero-order chi connectivity index (χ0) is 24.8. The number of aromatic nitrogens is 5. The predicted molar refractivity (Wildman–Crippen MR) is 132 cm³/mol. The van der Waals surface area contributed by atoms with Gasteiger partial charge in [-0.2, -0.15) is 9.61 Å². The molecule has 2 fully saturated rings. The molecule has 3 aliphatic heterocycles. The van der Waals surface area contributed by atoms with Gasteiger partial charge in [-0.05, 0) is 31.4 Å². The molecule has 0 radical (unpaired) electrons. The lowest BCUT2D eigenvalue weighted by atomic mass is 9.89. The molecule has 1 aliphatic carbocycles. The molecule has 11 heteroatoms. The van der Waals surface area contributed by atoms with Crippen LogP contribution in [0.25, 0.3) is 28.3 Å². The Bertz CT molecular complexity index is 1380. The van der Waals surface area contributed by atoms with E-state index in [2.05, 4.69) is 15.7 Å². The molecule has 4 aliphatic rings. The summed E-state index contributed by atoms with van der Waals surface area (Å²) in [6, 6.07) is 5.72. The van der Waals surface area contributed by atoms with Crippen molar-refractivity contribution in [3.63, 3.8) is 0 Å². The summed E-state index contributed by atoms with van der Waals surface area (Å²) in [7, 11) is 3.47. The summed E-state index contributed by atoms with van der Waals surface area (Å²) >= 11 is 0. The lowest BCUT2D eigenvalue weighted by Crippen LogP contribution is -2.51. The lowest BCUT2D eigenvalue weighted by Gasteiger charge is -2.35. The number of rotatable bonds is 6. The van der Waals surface area contributed by atoms with E-state index in [0.29, 0.717) is 42.4 Å². The van der Waals surface area contributed by atoms with Crippen LogP contribution in [0, 0.1) is 0 Å². The molecule has 6 rings (SSSR count). The number of carbonyl (C=O) groups excluding carboxylic acids is 1. The molecule has 0 spiro atoms. The van der Waals surface area contributed by atoms with Gasteiger partial charge >= 0.3 is 0 Å². The zero-order valence-electron chi connectivity index (χ0n) is 20.2. The molecule has 1 saturated heterocycles. The first-order chi connectivity index (χ1) is 17.6. The van der Waals surface area contributed by atoms with Crippen molar-refractivity contribution in [3.05, 3.63) is 42.4 Å². The third kappa shape index (κ3) is 3.71. The molecule has 5 heterocycles. The highest BCUT2D eigenvalue weighted by Gasteiger charge is 2.33. The standard InChI is InChI=1S/C25H29N7O4/c1-26-22-10-18(29-24-16(12-28-32(22)24)25(34)30-17-5-6-21(17)35-2)15-11-27-23-14(15)4-3-8-31(23)19-7-9-36-13-20(19)33/h3-4,8,10-12,17,19-21,26,33H,5-7,9,13H2,1-2H3,(H,30,34)/t17-,19?,20-,21-/m0/s1. The van der Waals surface area contributed by atoms with Gasteiger partial charge < -0.3 is 29.8 Å². The number of methoxy groups -OCH3 is 1. The number of aliphatic hydroxyl groups is 1. The van der Waals surface area contributed by atoms with Gasteiger partial charge in [0.1, 0.15) is 17.2 Å². The Morgan fingerprint density at radius 3 is 2.89 bits per heavy atom. The third-order valence-electron chi connectivity index (χ3n) is 7.33. The first-order valence-corrected chi connectivity index (χ1v) is 12.2. The number of nitrogens with one attached hydrogen (secondary N) is 2. The number of hydrogen-bond acceptors (Lipinski definition) is 8. The van der Waals surface area contributed by atoms with Gasteiger partial charge in [0.2, 0.25) is 0 Å². The van der Waals surface area contributed by atoms with Crippen molar-refractivity contribution in [3.8, 4) is 22.6 Å². The summed E-state index contributed by atoms with van der Waals surface area (Å²) in [5.41, 5.74) is 3.29. The Morgan fingerprint density at radius 2 is 2.14 bits per heavy atom. The van der Waals surface area contributed by atoms with Gasteiger partial charge in [0, 0.05) is 50.4 Å². The fourth-order valence-corrected chi connectivity index (χ4v) is 5.17. The Morgan fingerprint density at radius 1 is 1.25 bits per heavy atom. The topological polar surface area (TPSA) is 128 Å². The second-order valence-electron chi connectivity index (χ2n) is 9.32. The van der Waals surface area contributed by atoms with E-state index in [1.54, 1.807) is 31.1 Å². The van der Waals surface area contributed by atoms with E-state index in [9.17, 15) is 9.90 Å². The number of amides is 1. The van der Waals surface area contributed by atoms with Crippen LogP contribution in [0.4, 0.5) is 5.82 Å². The zero-order valence-corrected chi connectivity index (χ0v) is 20.2. The summed E-state index contributed by atoms with van der Waals surface area (Å²) in [5, 5.41) is 21.1. The van der Waals surface area contributed by atoms with Crippen molar-refractivity contribution >= 4 is 17.4 Å². The van der Waals surface area contributed by atoms with Gasteiger partial charge in [0.15, 0.2) is 5.65 Å². The molecule has 188 valence electrons. The molecule has 3 N–H and O–H groups in total. The van der Waals surface area contributed by atoms with E-state index in [4.69, 9.17) is 19.4 Å². The van der Waals surface area contributed by atoms with Crippen molar-refractivity contribution in [1.29, 1.82) is 0 Å². The summed E-state index contributed by atoms with van der Waals surface area (Å²) < 4.78 is 14.5. The first-order valence-electron chi connectivity index (χ1n) is 12.2. The van der Waals surface area contributed by atoms with Crippen LogP contribution in [0.5, 0.6) is 0 Å². The molecule has 1 amide bonds. The molecule has 4 atom stereocenters. The van der Waals surface area contributed by atoms with E-state index in [1.807, 2.05) is 29.0 Å². The second-order valence-corrected chi connectivity index (χ2v) is 9.32. The van der Waals surface area contributed by atoms with Gasteiger partial charge in [-0.3, -0.25) is 4.79 Å². The third-order valence-corrected chi connectivity index (χ3v) is 7.33. The minimum Gasteiger partial charge on any atom is -0.389 e. The van der Waals surface area contributed by atoms with Crippen LogP contribution < -0.4 is 10.6 Å². The Balaban J connectivity index is 1.38. The molecule has 11 nitrogen and oxygen atoms in total. The Kier molecular flexibility index (Phi) is 5.82. The maximum atomic E-state index is 13.1. The average molecular weight is 492 g/mol. The Hall–Kier alpha value is -3.54. The van der Waals surface area contributed by atoms with Crippen LogP contribution >= 0.6 is 0 Å². The van der Waals surface area contributed by atoms with Gasteiger partial charge in [-0.25, -0.2) is 9.97 Å². The minimum absolute atomic E-state index is 0.0106. The summed E-state index contributed by atoms with van der Waals surface area (Å²) in [5.74, 6) is 1.25. The van der Waals surface area contributed by atoms with Crippen LogP contribution in [-0.2, 0) is 9.47 Å². The summed E-state index contributed by atoms with van der Waals surface area (Å²) in [4.78, 5) is 22.7. The highest BCUT2D eigenvalue weighted by atomic mass is 16.5. The second kappa shape index (κ2) is 9.16. The van der Waals surface area contributed by atoms with Crippen molar-refractivity contribution in [2.24, 2.45) is 0 Å². The first kappa shape index (κ1) is 22.9. The van der Waals surface area contributed by atoms with Crippen LogP contribution in [-0.4, -0.2) is 80.8 Å². The molecule has 0 aromatic carbocycles. The smallest absolute Gasteiger partial charge is 0.257 e. The molecular weight excluding hydrogens is 462 g/mol. The van der Waals surface area contributed by atoms with Crippen molar-refractivity contribution < 1.29 is 19.4 Å². The van der Waals surface area contributed by atoms with Crippen LogP contribution in [0.15, 0.2) is 36.8 Å². The highest BCUT2D eigenvalue weighted by molar-refractivity contribution is 6.00. The number of carbonyl (C=O) groups is 1. The molecule has 2 aromatic heterocycles. The van der Waals surface area contributed by atoms with Crippen LogP contribution in [0.2, 0.25) is 0 Å². The van der Waals surface area contributed by atoms with Gasteiger partial charge in [0.25, 0.3) is 5.91 Å². The number of aliphatic hydroxyl groups excluding tert-OH is 1. The van der Waals surface area contributed by atoms with Gasteiger partial charge in [0.05, 0.1) is 42.8 Å². The SMILES string of the molecule is CNc1cc(-c2cnc3n(C4CCOC[C@@H]4O)cccc2-3)nc2c(C(=O)N[C@H]3CC[C@@H]3OC)cnn12. The van der Waals surface area contributed by atoms with E-state index < -0.39 is 6.10 Å². The maximum absolute atomic E-state index is 13.1. The molecule has 36 heavy (non-hydrogen) atoms. The Labute approximate surface area is 207 Å². The molecule has 2 aromatic rings. The fraction of sp³-hybridized carbons (Fsp3) is 0.440. The quantitative estimate of drug-likeness (QED) is 0.374. The summed E-state index contributed by atoms with van der Waals surface area (Å²) in [6.45, 7) is 0.907. The van der Waals surface area contributed by atoms with Crippen molar-refractivity contribution in [1.82, 2.24) is 29.5 Å². The monoisotopic (exact) mass is 491 g/mol. The number of ether oxygens (including phenoxy) is 2. The van der Waals surface area contributed by atoms with Crippen LogP contribution in [0.3, 0.4) is 0 Å². The largest absolute Gasteiger partial charge is 0.389 e. The average Bonchev–Trinajstić information content (AvgIpc) is 3.51. The van der Waals surface area contributed by atoms with E-state index >= 15 is 0 Å². The number of nitrogens with zero attached hydrogens (tertiary/aromatic N) is 5. The lowest BCUT2D eigenvalue weighted by molar-refractivity contribution is -0.0383. The molecule has 0 bridgehead atoms. The van der Waals surface area contributed by atoms with Crippen molar-refractivity contribution in [2.45, 2.75) is 43.6 Å². The predicted octanol–water partition coefficient (Wildman–Crippen LogP) is 1.97. The normalized spacial score (nSPS) is 24.1. The van der Waals surface area contributed by atoms with E-state index in [0.717, 1.165) is 29.8 Å². The number of anilines is 1. The molecular formula is C25H29N7O4. The number of fused-ring (bicyclic) bond motifs is 2. The van der Waals surface area contributed by atoms with Crippen LogP contribution in [0.1, 0.15) is 35.7 Å². The number of hydrogen-bond donors (Lipinski definition) is 3. The van der Waals surface area contributed by atoms with Crippen molar-refractivity contribution in [2.75, 3.05) is 32.7 Å². The minimum atomic E-state index is -0.596. The van der Waals surface area contributed by atoms with Gasteiger partial charge in [-0.1, -0.05) is 0 Å². The highest BCUT2D eigenvalue weighted by Crippen LogP contribution is 2.37. The molecule has 1 unspecified atom stereocenters. The van der Waals surface area contributed by atoms with E-state index in [-0.39, 0.29) is 24.1 Å². The number of pyridine rings is 1. The summed E-state index contributed by atoms with van der Waals surface area (Å²) in [6.07, 6.45) is 7.25. The maximum Gasteiger partial charge on any atom is 0.257 e. The van der Waals surface area contributed by atoms with E-state index in [1.165, 1.54) is 0 Å².